The van der Waals surface area contributed by atoms with E-state index in [2.05, 4.69) is 37.5 Å². The molecule has 0 bridgehead atoms. The number of halogens is 2. The Hall–Kier alpha value is -0.520. The van der Waals surface area contributed by atoms with Gasteiger partial charge in [-0.25, -0.2) is 9.50 Å². The van der Waals surface area contributed by atoms with Crippen molar-refractivity contribution >= 4 is 44.9 Å². The second kappa shape index (κ2) is 4.05. The topological polar surface area (TPSA) is 30.2 Å². The second-order valence-electron chi connectivity index (χ2n) is 3.46. The van der Waals surface area contributed by atoms with Gasteiger partial charge in [0, 0.05) is 0 Å². The van der Waals surface area contributed by atoms with E-state index in [1.807, 2.05) is 6.07 Å². The van der Waals surface area contributed by atoms with E-state index in [1.54, 1.807) is 22.5 Å². The van der Waals surface area contributed by atoms with E-state index in [1.165, 1.54) is 0 Å². The molecule has 6 heteroatoms. The molecule has 1 atom stereocenters. The summed E-state index contributed by atoms with van der Waals surface area (Å²) >= 11 is 11.4. The molecule has 0 fully saturated rings. The predicted octanol–water partition coefficient (Wildman–Crippen LogP) is 3.84. The van der Waals surface area contributed by atoms with Crippen molar-refractivity contribution in [2.24, 2.45) is 0 Å². The molecular formula is C10H7BrClN3S. The molecule has 0 radical (unpaired) electrons. The quantitative estimate of drug-likeness (QED) is 0.749. The maximum Gasteiger partial charge on any atom is 0.171 e. The van der Waals surface area contributed by atoms with Crippen LogP contribution < -0.4 is 0 Å². The first-order valence-corrected chi connectivity index (χ1v) is 6.87. The molecule has 3 heterocycles. The van der Waals surface area contributed by atoms with Crippen LogP contribution in [-0.4, -0.2) is 14.6 Å². The molecule has 2 aromatic rings. The van der Waals surface area contributed by atoms with E-state index in [-0.39, 0.29) is 0 Å². The Morgan fingerprint density at radius 1 is 1.56 bits per heavy atom. The number of thioether (sulfide) groups is 1. The molecule has 0 saturated heterocycles. The minimum Gasteiger partial charge on any atom is -0.231 e. The van der Waals surface area contributed by atoms with Gasteiger partial charge in [0.2, 0.25) is 0 Å². The molecule has 1 aliphatic heterocycles. The summed E-state index contributed by atoms with van der Waals surface area (Å²) < 4.78 is 2.49. The fourth-order valence-corrected chi connectivity index (χ4v) is 3.14. The van der Waals surface area contributed by atoms with E-state index < -0.39 is 0 Å². The van der Waals surface area contributed by atoms with Crippen LogP contribution >= 0.6 is 39.3 Å². The summed E-state index contributed by atoms with van der Waals surface area (Å²) in [4.78, 5) is 4.59. The van der Waals surface area contributed by atoms with Gasteiger partial charge < -0.3 is 0 Å². The summed E-state index contributed by atoms with van der Waals surface area (Å²) in [6.45, 7) is 0. The molecule has 3 rings (SSSR count). The number of hydrogen-bond donors (Lipinski definition) is 0. The van der Waals surface area contributed by atoms with Crippen LogP contribution in [0.4, 0.5) is 0 Å². The number of aromatic nitrogens is 3. The number of rotatable bonds is 1. The van der Waals surface area contributed by atoms with E-state index in [9.17, 15) is 0 Å². The van der Waals surface area contributed by atoms with E-state index >= 15 is 0 Å². The lowest BCUT2D eigenvalue weighted by atomic mass is 10.2. The van der Waals surface area contributed by atoms with Gasteiger partial charge in [-0.2, -0.15) is 5.10 Å². The Labute approximate surface area is 110 Å². The summed E-state index contributed by atoms with van der Waals surface area (Å²) in [5.41, 5.74) is 1.78. The third-order valence-corrected chi connectivity index (χ3v) is 4.36. The maximum absolute atomic E-state index is 6.16. The molecule has 0 saturated carbocycles. The zero-order valence-corrected chi connectivity index (χ0v) is 11.3. The lowest BCUT2D eigenvalue weighted by molar-refractivity contribution is 0.884. The van der Waals surface area contributed by atoms with E-state index in [4.69, 9.17) is 11.6 Å². The van der Waals surface area contributed by atoms with Gasteiger partial charge in [0.25, 0.3) is 0 Å². The number of allylic oxidation sites excluding steroid dienone is 1. The Bertz CT molecular complexity index is 573. The minimum atomic E-state index is 0.379. The zero-order chi connectivity index (χ0) is 11.1. The molecule has 2 aromatic heterocycles. The van der Waals surface area contributed by atoms with Crippen LogP contribution in [0.15, 0.2) is 28.2 Å². The van der Waals surface area contributed by atoms with Crippen LogP contribution in [-0.2, 0) is 0 Å². The van der Waals surface area contributed by atoms with Crippen LogP contribution in [0.5, 0.6) is 0 Å². The van der Waals surface area contributed by atoms with Crippen LogP contribution in [0.25, 0.3) is 5.65 Å². The lowest BCUT2D eigenvalue weighted by Gasteiger charge is -2.09. The summed E-state index contributed by atoms with van der Waals surface area (Å²) in [6.07, 6.45) is 4.87. The Morgan fingerprint density at radius 2 is 2.44 bits per heavy atom. The summed E-state index contributed by atoms with van der Waals surface area (Å²) in [5, 5.41) is 7.22. The normalized spacial score (nSPS) is 19.8. The van der Waals surface area contributed by atoms with Crippen molar-refractivity contribution < 1.29 is 0 Å². The van der Waals surface area contributed by atoms with Crippen molar-refractivity contribution in [3.8, 4) is 0 Å². The predicted molar refractivity (Wildman–Crippen MR) is 69.8 cm³/mol. The standard InChI is InChI=1S/C10H7BrClN3S/c11-6-5-13-15-9(12)4-7(14-10(6)15)8-2-1-3-16-8/h1,3-5,8H,2H2. The van der Waals surface area contributed by atoms with Crippen molar-refractivity contribution in [2.75, 3.05) is 0 Å². The molecule has 0 aromatic carbocycles. The highest BCUT2D eigenvalue weighted by molar-refractivity contribution is 9.10. The first-order chi connectivity index (χ1) is 7.75. The monoisotopic (exact) mass is 315 g/mol. The SMILES string of the molecule is Clc1cc(C2CC=CS2)nc2c(Br)cnn12. The molecular weight excluding hydrogens is 310 g/mol. The number of nitrogens with zero attached hydrogens (tertiary/aromatic N) is 3. The van der Waals surface area contributed by atoms with Gasteiger partial charge in [0.15, 0.2) is 5.65 Å². The zero-order valence-electron chi connectivity index (χ0n) is 8.10. The molecule has 16 heavy (non-hydrogen) atoms. The lowest BCUT2D eigenvalue weighted by Crippen LogP contribution is -1.99. The second-order valence-corrected chi connectivity index (χ2v) is 5.82. The average molecular weight is 317 g/mol. The Kier molecular flexibility index (Phi) is 2.69. The van der Waals surface area contributed by atoms with Crippen LogP contribution in [0.3, 0.4) is 0 Å². The third-order valence-electron chi connectivity index (χ3n) is 2.42. The first kappa shape index (κ1) is 10.6. The van der Waals surface area contributed by atoms with Gasteiger partial charge in [-0.05, 0) is 33.8 Å². The fraction of sp³-hybridized carbons (Fsp3) is 0.200. The summed E-state index contributed by atoms with van der Waals surface area (Å²) in [7, 11) is 0. The molecule has 0 amide bonds. The maximum atomic E-state index is 6.16. The Balaban J connectivity index is 2.15. The minimum absolute atomic E-state index is 0.379. The Morgan fingerprint density at radius 3 is 3.19 bits per heavy atom. The highest BCUT2D eigenvalue weighted by Crippen LogP contribution is 2.38. The molecule has 1 aliphatic rings. The van der Waals surface area contributed by atoms with E-state index in [0.29, 0.717) is 10.4 Å². The highest BCUT2D eigenvalue weighted by atomic mass is 79.9. The highest BCUT2D eigenvalue weighted by Gasteiger charge is 2.18. The number of hydrogen-bond acceptors (Lipinski definition) is 3. The van der Waals surface area contributed by atoms with Crippen molar-refractivity contribution in [1.29, 1.82) is 0 Å². The van der Waals surface area contributed by atoms with Crippen LogP contribution in [0.1, 0.15) is 17.4 Å². The van der Waals surface area contributed by atoms with Crippen molar-refractivity contribution in [1.82, 2.24) is 14.6 Å². The molecule has 0 aliphatic carbocycles. The van der Waals surface area contributed by atoms with Crippen molar-refractivity contribution in [3.05, 3.63) is 39.1 Å². The van der Waals surface area contributed by atoms with Crippen molar-refractivity contribution in [3.63, 3.8) is 0 Å². The van der Waals surface area contributed by atoms with Gasteiger partial charge in [-0.1, -0.05) is 17.7 Å². The van der Waals surface area contributed by atoms with Gasteiger partial charge in [-0.3, -0.25) is 0 Å². The molecule has 82 valence electrons. The van der Waals surface area contributed by atoms with Crippen molar-refractivity contribution in [2.45, 2.75) is 11.7 Å². The van der Waals surface area contributed by atoms with Gasteiger partial charge in [0.05, 0.1) is 21.6 Å². The summed E-state index contributed by atoms with van der Waals surface area (Å²) in [6, 6.07) is 1.89. The molecule has 0 N–H and O–H groups in total. The smallest absolute Gasteiger partial charge is 0.171 e. The van der Waals surface area contributed by atoms with Crippen LogP contribution in [0.2, 0.25) is 5.15 Å². The van der Waals surface area contributed by atoms with Gasteiger partial charge >= 0.3 is 0 Å². The number of fused-ring (bicyclic) bond motifs is 1. The average Bonchev–Trinajstić information content (AvgIpc) is 2.88. The summed E-state index contributed by atoms with van der Waals surface area (Å²) in [5.74, 6) is 0. The molecule has 3 nitrogen and oxygen atoms in total. The fourth-order valence-electron chi connectivity index (χ4n) is 1.66. The molecule has 0 spiro atoms. The van der Waals surface area contributed by atoms with Gasteiger partial charge in [0.1, 0.15) is 5.15 Å². The van der Waals surface area contributed by atoms with E-state index in [0.717, 1.165) is 22.2 Å². The first-order valence-electron chi connectivity index (χ1n) is 4.76. The largest absolute Gasteiger partial charge is 0.231 e. The third kappa shape index (κ3) is 1.67. The molecule has 1 unspecified atom stereocenters. The van der Waals surface area contributed by atoms with Crippen LogP contribution in [0, 0.1) is 0 Å². The van der Waals surface area contributed by atoms with Gasteiger partial charge in [-0.15, -0.1) is 11.8 Å².